The summed E-state index contributed by atoms with van der Waals surface area (Å²) in [5, 5.41) is 7.46. The molecule has 1 aromatic heterocycles. The molecule has 2 aromatic rings. The Kier molecular flexibility index (Phi) is 3.59. The number of nitrogens with zero attached hydrogens (tertiary/aromatic N) is 2. The minimum atomic E-state index is -0.259. The molecule has 94 valence electrons. The Bertz CT molecular complexity index is 607. The van der Waals surface area contributed by atoms with Crippen LogP contribution in [0.25, 0.3) is 0 Å². The highest BCUT2D eigenvalue weighted by Crippen LogP contribution is 2.29. The maximum atomic E-state index is 12.0. The maximum Gasteiger partial charge on any atom is 0.259 e. The number of halogens is 2. The molecule has 0 fully saturated rings. The average molecular weight is 284 g/mol. The second-order valence-corrected chi connectivity index (χ2v) is 4.61. The van der Waals surface area contributed by atoms with E-state index in [9.17, 15) is 4.79 Å². The second-order valence-electron chi connectivity index (χ2n) is 3.82. The van der Waals surface area contributed by atoms with Crippen molar-refractivity contribution in [2.24, 2.45) is 7.05 Å². The van der Waals surface area contributed by atoms with Gasteiger partial charge in [-0.3, -0.25) is 9.48 Å². The van der Waals surface area contributed by atoms with E-state index in [4.69, 9.17) is 23.2 Å². The van der Waals surface area contributed by atoms with E-state index >= 15 is 0 Å². The molecule has 0 aliphatic carbocycles. The highest BCUT2D eigenvalue weighted by molar-refractivity contribution is 6.44. The molecular weight excluding hydrogens is 273 g/mol. The molecule has 0 aliphatic heterocycles. The summed E-state index contributed by atoms with van der Waals surface area (Å²) in [6.45, 7) is 1.82. The quantitative estimate of drug-likeness (QED) is 0.919. The number of benzene rings is 1. The molecule has 0 saturated heterocycles. The molecule has 2 rings (SSSR count). The van der Waals surface area contributed by atoms with Crippen LogP contribution in [0.2, 0.25) is 10.0 Å². The number of carbonyl (C=O) groups excluding carboxylic acids is 1. The number of carbonyl (C=O) groups is 1. The highest BCUT2D eigenvalue weighted by Gasteiger charge is 2.14. The third-order valence-corrected chi connectivity index (χ3v) is 3.50. The zero-order chi connectivity index (χ0) is 13.3. The largest absolute Gasteiger partial charge is 0.320 e. The van der Waals surface area contributed by atoms with Crippen LogP contribution in [0.15, 0.2) is 24.4 Å². The van der Waals surface area contributed by atoms with Gasteiger partial charge in [-0.25, -0.2) is 0 Å². The number of aryl methyl sites for hydroxylation is 1. The van der Waals surface area contributed by atoms with Crippen LogP contribution in [-0.4, -0.2) is 15.7 Å². The van der Waals surface area contributed by atoms with Crippen molar-refractivity contribution in [3.05, 3.63) is 45.7 Å². The zero-order valence-electron chi connectivity index (χ0n) is 9.87. The van der Waals surface area contributed by atoms with Crippen LogP contribution in [0.4, 0.5) is 5.69 Å². The molecule has 0 unspecified atom stereocenters. The first-order valence-electron chi connectivity index (χ1n) is 5.24. The number of amides is 1. The van der Waals surface area contributed by atoms with Crippen LogP contribution in [0.5, 0.6) is 0 Å². The molecular formula is C12H11Cl2N3O. The summed E-state index contributed by atoms with van der Waals surface area (Å²) in [6.07, 6.45) is 1.52. The van der Waals surface area contributed by atoms with Gasteiger partial charge in [-0.05, 0) is 19.1 Å². The van der Waals surface area contributed by atoms with Gasteiger partial charge in [-0.1, -0.05) is 29.3 Å². The Morgan fingerprint density at radius 1 is 1.39 bits per heavy atom. The summed E-state index contributed by atoms with van der Waals surface area (Å²) in [5.41, 5.74) is 1.77. The van der Waals surface area contributed by atoms with Crippen molar-refractivity contribution >= 4 is 34.8 Å². The van der Waals surface area contributed by atoms with Crippen molar-refractivity contribution in [2.75, 3.05) is 5.32 Å². The van der Waals surface area contributed by atoms with Crippen LogP contribution in [-0.2, 0) is 7.05 Å². The smallest absolute Gasteiger partial charge is 0.259 e. The number of rotatable bonds is 2. The predicted molar refractivity (Wildman–Crippen MR) is 72.4 cm³/mol. The van der Waals surface area contributed by atoms with E-state index in [1.165, 1.54) is 6.20 Å². The summed E-state index contributed by atoms with van der Waals surface area (Å²) >= 11 is 11.9. The van der Waals surface area contributed by atoms with Gasteiger partial charge in [0, 0.05) is 12.7 Å². The first-order valence-corrected chi connectivity index (χ1v) is 6.00. The van der Waals surface area contributed by atoms with E-state index in [0.717, 1.165) is 5.69 Å². The molecule has 18 heavy (non-hydrogen) atoms. The summed E-state index contributed by atoms with van der Waals surface area (Å²) in [5.74, 6) is -0.259. The summed E-state index contributed by atoms with van der Waals surface area (Å²) in [6, 6.07) is 5.08. The van der Waals surface area contributed by atoms with Crippen molar-refractivity contribution in [3.8, 4) is 0 Å². The van der Waals surface area contributed by atoms with Crippen LogP contribution in [0.1, 0.15) is 16.1 Å². The highest BCUT2D eigenvalue weighted by atomic mass is 35.5. The van der Waals surface area contributed by atoms with E-state index in [0.29, 0.717) is 21.3 Å². The van der Waals surface area contributed by atoms with Crippen LogP contribution in [0, 0.1) is 6.92 Å². The molecule has 0 aliphatic rings. The van der Waals surface area contributed by atoms with Crippen molar-refractivity contribution in [2.45, 2.75) is 6.92 Å². The van der Waals surface area contributed by atoms with Crippen molar-refractivity contribution in [1.82, 2.24) is 9.78 Å². The van der Waals surface area contributed by atoms with Gasteiger partial charge < -0.3 is 5.32 Å². The second kappa shape index (κ2) is 5.00. The lowest BCUT2D eigenvalue weighted by atomic mass is 10.2. The van der Waals surface area contributed by atoms with Crippen LogP contribution < -0.4 is 5.32 Å². The van der Waals surface area contributed by atoms with Crippen LogP contribution in [0.3, 0.4) is 0 Å². The van der Waals surface area contributed by atoms with E-state index in [1.54, 1.807) is 29.9 Å². The number of aromatic nitrogens is 2. The Balaban J connectivity index is 2.27. The molecule has 1 N–H and O–H groups in total. The third kappa shape index (κ3) is 2.35. The van der Waals surface area contributed by atoms with Gasteiger partial charge in [0.05, 0.1) is 27.5 Å². The number of hydrogen-bond donors (Lipinski definition) is 1. The van der Waals surface area contributed by atoms with Gasteiger partial charge in [0.2, 0.25) is 0 Å². The SMILES string of the molecule is Cc1c(C(=O)Nc2cccc(Cl)c2Cl)cnn1C. The Labute approximate surface area is 115 Å². The molecule has 1 aromatic carbocycles. The Morgan fingerprint density at radius 2 is 2.11 bits per heavy atom. The van der Waals surface area contributed by atoms with E-state index < -0.39 is 0 Å². The lowest BCUT2D eigenvalue weighted by Gasteiger charge is -2.07. The third-order valence-electron chi connectivity index (χ3n) is 2.68. The molecule has 0 bridgehead atoms. The van der Waals surface area contributed by atoms with Crippen molar-refractivity contribution in [1.29, 1.82) is 0 Å². The molecule has 0 saturated carbocycles. The van der Waals surface area contributed by atoms with Gasteiger partial charge in [0.15, 0.2) is 0 Å². The molecule has 4 nitrogen and oxygen atoms in total. The van der Waals surface area contributed by atoms with Crippen molar-refractivity contribution in [3.63, 3.8) is 0 Å². The van der Waals surface area contributed by atoms with Gasteiger partial charge in [0.1, 0.15) is 0 Å². The van der Waals surface area contributed by atoms with E-state index in [-0.39, 0.29) is 5.91 Å². The molecule has 0 radical (unpaired) electrons. The van der Waals surface area contributed by atoms with E-state index in [1.807, 2.05) is 6.92 Å². The Morgan fingerprint density at radius 3 is 2.72 bits per heavy atom. The number of hydrogen-bond acceptors (Lipinski definition) is 2. The monoisotopic (exact) mass is 283 g/mol. The fraction of sp³-hybridized carbons (Fsp3) is 0.167. The van der Waals surface area contributed by atoms with E-state index in [2.05, 4.69) is 10.4 Å². The van der Waals surface area contributed by atoms with Gasteiger partial charge in [-0.15, -0.1) is 0 Å². The number of nitrogens with one attached hydrogen (secondary N) is 1. The molecule has 1 amide bonds. The fourth-order valence-electron chi connectivity index (χ4n) is 1.51. The molecule has 0 spiro atoms. The predicted octanol–water partition coefficient (Wildman–Crippen LogP) is 3.29. The maximum absolute atomic E-state index is 12.0. The van der Waals surface area contributed by atoms with Gasteiger partial charge in [0.25, 0.3) is 5.91 Å². The number of anilines is 1. The molecule has 1 heterocycles. The minimum Gasteiger partial charge on any atom is -0.320 e. The first kappa shape index (κ1) is 12.9. The average Bonchev–Trinajstić information content (AvgIpc) is 2.66. The normalized spacial score (nSPS) is 10.4. The molecule has 6 heteroatoms. The summed E-state index contributed by atoms with van der Waals surface area (Å²) in [4.78, 5) is 12.0. The lowest BCUT2D eigenvalue weighted by Crippen LogP contribution is -2.13. The van der Waals surface area contributed by atoms with Gasteiger partial charge >= 0.3 is 0 Å². The summed E-state index contributed by atoms with van der Waals surface area (Å²) in [7, 11) is 1.78. The zero-order valence-corrected chi connectivity index (χ0v) is 11.4. The standard InChI is InChI=1S/C12H11Cl2N3O/c1-7-8(6-15-17(7)2)12(18)16-10-5-3-4-9(13)11(10)14/h3-6H,1-2H3,(H,16,18). The minimum absolute atomic E-state index is 0.259. The van der Waals surface area contributed by atoms with Crippen LogP contribution >= 0.6 is 23.2 Å². The first-order chi connectivity index (χ1) is 8.50. The topological polar surface area (TPSA) is 46.9 Å². The van der Waals surface area contributed by atoms with Gasteiger partial charge in [-0.2, -0.15) is 5.10 Å². The van der Waals surface area contributed by atoms with Crippen molar-refractivity contribution < 1.29 is 4.79 Å². The Hall–Kier alpha value is -1.52. The summed E-state index contributed by atoms with van der Waals surface area (Å²) < 4.78 is 1.63. The molecule has 0 atom stereocenters. The fourth-order valence-corrected chi connectivity index (χ4v) is 1.86. The lowest BCUT2D eigenvalue weighted by molar-refractivity contribution is 0.102.